The topological polar surface area (TPSA) is 73.0 Å². The van der Waals surface area contributed by atoms with Crippen LogP contribution in [0.5, 0.6) is 0 Å². The molecule has 0 bridgehead atoms. The molecule has 1 aliphatic carbocycles. The molecule has 6 nitrogen and oxygen atoms in total. The second-order valence-corrected chi connectivity index (χ2v) is 5.91. The number of likely N-dealkylation sites (N-methyl/N-ethyl adjacent to an activating group) is 1. The number of carbonyl (C=O) groups excluding carboxylic acids is 1. The van der Waals surface area contributed by atoms with Crippen molar-refractivity contribution in [2.24, 2.45) is 0 Å². The molecule has 0 aromatic carbocycles. The van der Waals surface area contributed by atoms with Crippen molar-refractivity contribution in [2.45, 2.75) is 44.8 Å². The molecular formula is C14H24ClN5O. The Balaban J connectivity index is 0.00000161. The molecular weight excluding hydrogens is 290 g/mol. The van der Waals surface area contributed by atoms with Gasteiger partial charge < -0.3 is 10.6 Å². The third kappa shape index (κ3) is 3.56. The number of hydrogen-bond donors (Lipinski definition) is 3. The zero-order valence-corrected chi connectivity index (χ0v) is 13.4. The van der Waals surface area contributed by atoms with Crippen molar-refractivity contribution in [2.75, 3.05) is 20.1 Å². The molecule has 0 radical (unpaired) electrons. The predicted molar refractivity (Wildman–Crippen MR) is 83.8 cm³/mol. The highest BCUT2D eigenvalue weighted by atomic mass is 35.5. The average Bonchev–Trinajstić information content (AvgIpc) is 3.23. The summed E-state index contributed by atoms with van der Waals surface area (Å²) in [6.07, 6.45) is 3.48. The van der Waals surface area contributed by atoms with E-state index in [0.29, 0.717) is 24.3 Å². The number of rotatable bonds is 5. The van der Waals surface area contributed by atoms with Gasteiger partial charge in [-0.3, -0.25) is 14.8 Å². The van der Waals surface area contributed by atoms with Gasteiger partial charge in [0.25, 0.3) is 5.91 Å². The van der Waals surface area contributed by atoms with Crippen LogP contribution in [0.25, 0.3) is 0 Å². The quantitative estimate of drug-likeness (QED) is 0.748. The maximum absolute atomic E-state index is 12.3. The maximum atomic E-state index is 12.3. The number of aromatic amines is 1. The number of carbonyl (C=O) groups is 1. The highest BCUT2D eigenvalue weighted by Gasteiger charge is 2.29. The summed E-state index contributed by atoms with van der Waals surface area (Å²) in [5.74, 6) is -0.0674. The molecule has 1 aromatic rings. The Bertz CT molecular complexity index is 500. The second-order valence-electron chi connectivity index (χ2n) is 5.91. The Morgan fingerprint density at radius 1 is 1.52 bits per heavy atom. The van der Waals surface area contributed by atoms with Crippen LogP contribution < -0.4 is 10.6 Å². The van der Waals surface area contributed by atoms with Gasteiger partial charge in [0.05, 0.1) is 0 Å². The highest BCUT2D eigenvalue weighted by Crippen LogP contribution is 2.26. The van der Waals surface area contributed by atoms with E-state index in [4.69, 9.17) is 0 Å². The zero-order valence-electron chi connectivity index (χ0n) is 12.6. The molecule has 7 heteroatoms. The van der Waals surface area contributed by atoms with Gasteiger partial charge in [0.2, 0.25) is 0 Å². The van der Waals surface area contributed by atoms with Crippen LogP contribution >= 0.6 is 12.4 Å². The first kappa shape index (κ1) is 16.3. The Labute approximate surface area is 131 Å². The summed E-state index contributed by atoms with van der Waals surface area (Å²) >= 11 is 0. The number of hydrogen-bond acceptors (Lipinski definition) is 4. The Morgan fingerprint density at radius 3 is 3.00 bits per heavy atom. The predicted octanol–water partition coefficient (Wildman–Crippen LogP) is 0.690. The number of nitrogens with one attached hydrogen (secondary N) is 3. The summed E-state index contributed by atoms with van der Waals surface area (Å²) in [5.41, 5.74) is 2.67. The molecule has 118 valence electrons. The van der Waals surface area contributed by atoms with Gasteiger partial charge in [-0.1, -0.05) is 0 Å². The first-order valence-corrected chi connectivity index (χ1v) is 7.43. The van der Waals surface area contributed by atoms with E-state index in [2.05, 4.69) is 39.7 Å². The molecule has 0 spiro atoms. The molecule has 1 aromatic heterocycles. The van der Waals surface area contributed by atoms with Crippen LogP contribution in [-0.2, 0) is 13.0 Å². The Hall–Kier alpha value is -1.11. The summed E-state index contributed by atoms with van der Waals surface area (Å²) < 4.78 is 0. The van der Waals surface area contributed by atoms with Gasteiger partial charge in [0.1, 0.15) is 0 Å². The van der Waals surface area contributed by atoms with Gasteiger partial charge >= 0.3 is 0 Å². The fraction of sp³-hybridized carbons (Fsp3) is 0.714. The largest absolute Gasteiger partial charge is 0.349 e. The normalized spacial score (nSPS) is 18.8. The molecule has 0 saturated heterocycles. The van der Waals surface area contributed by atoms with Gasteiger partial charge in [0.15, 0.2) is 5.69 Å². The Kier molecular flexibility index (Phi) is 5.24. The van der Waals surface area contributed by atoms with Crippen LogP contribution in [-0.4, -0.2) is 53.2 Å². The molecule has 3 rings (SSSR count). The molecule has 1 atom stereocenters. The number of halogens is 1. The molecule has 3 N–H and O–H groups in total. The maximum Gasteiger partial charge on any atom is 0.272 e. The van der Waals surface area contributed by atoms with Crippen LogP contribution in [0.2, 0.25) is 0 Å². The van der Waals surface area contributed by atoms with Crippen molar-refractivity contribution in [3.05, 3.63) is 17.0 Å². The van der Waals surface area contributed by atoms with Gasteiger partial charge in [-0.2, -0.15) is 5.10 Å². The molecule has 2 heterocycles. The molecule has 1 unspecified atom stereocenters. The summed E-state index contributed by atoms with van der Waals surface area (Å²) in [7, 11) is 2.13. The van der Waals surface area contributed by atoms with Crippen LogP contribution in [0.3, 0.4) is 0 Å². The fourth-order valence-electron chi connectivity index (χ4n) is 2.72. The highest BCUT2D eigenvalue weighted by molar-refractivity contribution is 5.94. The van der Waals surface area contributed by atoms with Crippen molar-refractivity contribution in [3.8, 4) is 0 Å². The van der Waals surface area contributed by atoms with E-state index in [-0.39, 0.29) is 18.3 Å². The third-order valence-electron chi connectivity index (χ3n) is 4.40. The first-order chi connectivity index (χ1) is 9.66. The SMILES string of the molecule is CC(CNC(=O)c1n[nH]c2c1CNCC2)N(C)C1CC1.Cl. The molecule has 1 aliphatic heterocycles. The number of amides is 1. The van der Waals surface area contributed by atoms with Crippen LogP contribution in [0, 0.1) is 0 Å². The lowest BCUT2D eigenvalue weighted by Crippen LogP contribution is -2.41. The average molecular weight is 314 g/mol. The summed E-state index contributed by atoms with van der Waals surface area (Å²) in [6.45, 7) is 4.49. The van der Waals surface area contributed by atoms with Crippen molar-refractivity contribution < 1.29 is 4.79 Å². The molecule has 1 amide bonds. The summed E-state index contributed by atoms with van der Waals surface area (Å²) in [4.78, 5) is 14.6. The van der Waals surface area contributed by atoms with E-state index in [1.165, 1.54) is 12.8 Å². The van der Waals surface area contributed by atoms with E-state index < -0.39 is 0 Å². The van der Waals surface area contributed by atoms with Gasteiger partial charge in [0, 0.05) is 49.4 Å². The minimum absolute atomic E-state index is 0. The van der Waals surface area contributed by atoms with Crippen molar-refractivity contribution >= 4 is 18.3 Å². The summed E-state index contributed by atoms with van der Waals surface area (Å²) in [6, 6.07) is 1.07. The van der Waals surface area contributed by atoms with Crippen molar-refractivity contribution in [3.63, 3.8) is 0 Å². The van der Waals surface area contributed by atoms with E-state index in [1.54, 1.807) is 0 Å². The number of nitrogens with zero attached hydrogens (tertiary/aromatic N) is 2. The smallest absolute Gasteiger partial charge is 0.272 e. The Morgan fingerprint density at radius 2 is 2.29 bits per heavy atom. The van der Waals surface area contributed by atoms with Gasteiger partial charge in [-0.15, -0.1) is 12.4 Å². The van der Waals surface area contributed by atoms with Crippen LogP contribution in [0.1, 0.15) is 41.5 Å². The van der Waals surface area contributed by atoms with Gasteiger partial charge in [-0.25, -0.2) is 0 Å². The van der Waals surface area contributed by atoms with Crippen LogP contribution in [0.15, 0.2) is 0 Å². The molecule has 1 saturated carbocycles. The zero-order chi connectivity index (χ0) is 14.1. The van der Waals surface area contributed by atoms with E-state index in [9.17, 15) is 4.79 Å². The van der Waals surface area contributed by atoms with E-state index >= 15 is 0 Å². The van der Waals surface area contributed by atoms with Crippen LogP contribution in [0.4, 0.5) is 0 Å². The lowest BCUT2D eigenvalue weighted by atomic mass is 10.1. The lowest BCUT2D eigenvalue weighted by Gasteiger charge is -2.24. The number of fused-ring (bicyclic) bond motifs is 1. The molecule has 2 aliphatic rings. The first-order valence-electron chi connectivity index (χ1n) is 7.43. The van der Waals surface area contributed by atoms with Gasteiger partial charge in [-0.05, 0) is 26.8 Å². The fourth-order valence-corrected chi connectivity index (χ4v) is 2.72. The third-order valence-corrected chi connectivity index (χ3v) is 4.40. The lowest BCUT2D eigenvalue weighted by molar-refractivity contribution is 0.0933. The second kappa shape index (κ2) is 6.77. The molecule has 1 fully saturated rings. The van der Waals surface area contributed by atoms with E-state index in [1.807, 2.05) is 0 Å². The van der Waals surface area contributed by atoms with Crippen molar-refractivity contribution in [1.82, 2.24) is 25.7 Å². The summed E-state index contributed by atoms with van der Waals surface area (Å²) in [5, 5.41) is 13.4. The number of aromatic nitrogens is 2. The van der Waals surface area contributed by atoms with Crippen molar-refractivity contribution in [1.29, 1.82) is 0 Å². The minimum Gasteiger partial charge on any atom is -0.349 e. The van der Waals surface area contributed by atoms with E-state index in [0.717, 1.165) is 30.8 Å². The molecule has 21 heavy (non-hydrogen) atoms. The monoisotopic (exact) mass is 313 g/mol. The minimum atomic E-state index is -0.0674. The number of H-pyrrole nitrogens is 1. The standard InChI is InChI=1S/C14H23N5O.ClH/c1-9(19(2)10-3-4-10)7-16-14(20)13-11-8-15-6-5-12(11)17-18-13;/h9-10,15H,3-8H2,1-2H3,(H,16,20)(H,17,18);1H.